The molecule has 0 radical (unpaired) electrons. The summed E-state index contributed by atoms with van der Waals surface area (Å²) in [6.07, 6.45) is 8.40. The number of likely N-dealkylation sites (tertiary alicyclic amines) is 1. The number of fused-ring (bicyclic) bond motifs is 1. The normalized spacial score (nSPS) is 32.6. The third kappa shape index (κ3) is 2.98. The van der Waals surface area contributed by atoms with E-state index in [9.17, 15) is 0 Å². The monoisotopic (exact) mass is 224 g/mol. The van der Waals surface area contributed by atoms with Gasteiger partial charge in [0.15, 0.2) is 0 Å². The summed E-state index contributed by atoms with van der Waals surface area (Å²) in [4.78, 5) is 2.73. The van der Waals surface area contributed by atoms with Crippen LogP contribution in [0.25, 0.3) is 0 Å². The smallest absolute Gasteiger partial charge is 0.0235 e. The third-order valence-electron chi connectivity index (χ3n) is 4.48. The van der Waals surface area contributed by atoms with E-state index in [0.717, 1.165) is 18.0 Å². The largest absolute Gasteiger partial charge is 0.312 e. The van der Waals surface area contributed by atoms with Crippen molar-refractivity contribution in [2.45, 2.75) is 64.5 Å². The van der Waals surface area contributed by atoms with Crippen molar-refractivity contribution >= 4 is 0 Å². The van der Waals surface area contributed by atoms with E-state index < -0.39 is 0 Å². The molecule has 0 spiro atoms. The highest BCUT2D eigenvalue weighted by Gasteiger charge is 2.35. The molecule has 0 aromatic rings. The minimum Gasteiger partial charge on any atom is -0.312 e. The van der Waals surface area contributed by atoms with E-state index in [1.807, 2.05) is 0 Å². The van der Waals surface area contributed by atoms with Crippen molar-refractivity contribution in [3.63, 3.8) is 0 Å². The van der Waals surface area contributed by atoms with Gasteiger partial charge in [0.1, 0.15) is 0 Å². The van der Waals surface area contributed by atoms with Crippen molar-refractivity contribution in [3.05, 3.63) is 0 Å². The summed E-state index contributed by atoms with van der Waals surface area (Å²) in [6.45, 7) is 8.62. The topological polar surface area (TPSA) is 15.3 Å². The number of nitrogens with zero attached hydrogens (tertiary/aromatic N) is 1. The maximum absolute atomic E-state index is 3.69. The summed E-state index contributed by atoms with van der Waals surface area (Å²) in [5.74, 6) is 0.947. The molecule has 2 saturated heterocycles. The lowest BCUT2D eigenvalue weighted by atomic mass is 9.94. The SMILES string of the molecule is CCCCCC(C)N1C[C@@H]2CCCN[C@@H]2C1. The zero-order valence-electron chi connectivity index (χ0n) is 11.0. The molecule has 0 saturated carbocycles. The summed E-state index contributed by atoms with van der Waals surface area (Å²) in [5, 5.41) is 3.69. The molecule has 2 fully saturated rings. The Bertz CT molecular complexity index is 191. The van der Waals surface area contributed by atoms with Crippen molar-refractivity contribution in [1.82, 2.24) is 10.2 Å². The van der Waals surface area contributed by atoms with Gasteiger partial charge in [0, 0.05) is 25.2 Å². The van der Waals surface area contributed by atoms with Crippen LogP contribution in [0.15, 0.2) is 0 Å². The first-order valence-corrected chi connectivity index (χ1v) is 7.28. The van der Waals surface area contributed by atoms with Crippen LogP contribution in [0.1, 0.15) is 52.4 Å². The van der Waals surface area contributed by atoms with Gasteiger partial charge in [-0.3, -0.25) is 4.90 Å². The van der Waals surface area contributed by atoms with Gasteiger partial charge in [-0.25, -0.2) is 0 Å². The molecule has 16 heavy (non-hydrogen) atoms. The van der Waals surface area contributed by atoms with Crippen LogP contribution >= 0.6 is 0 Å². The van der Waals surface area contributed by atoms with Crippen molar-refractivity contribution in [1.29, 1.82) is 0 Å². The van der Waals surface area contributed by atoms with Crippen molar-refractivity contribution < 1.29 is 0 Å². The molecule has 0 bridgehead atoms. The number of hydrogen-bond acceptors (Lipinski definition) is 2. The van der Waals surface area contributed by atoms with Gasteiger partial charge < -0.3 is 5.32 Å². The second-order valence-corrected chi connectivity index (χ2v) is 5.76. The molecule has 0 aromatic carbocycles. The minimum atomic E-state index is 0.805. The second-order valence-electron chi connectivity index (χ2n) is 5.76. The molecule has 3 atom stereocenters. The van der Waals surface area contributed by atoms with Crippen LogP contribution in [0.2, 0.25) is 0 Å². The van der Waals surface area contributed by atoms with Crippen LogP contribution in [0.3, 0.4) is 0 Å². The first-order chi connectivity index (χ1) is 7.81. The Hall–Kier alpha value is -0.0800. The molecule has 1 unspecified atom stereocenters. The summed E-state index contributed by atoms with van der Waals surface area (Å²) in [7, 11) is 0. The summed E-state index contributed by atoms with van der Waals surface area (Å²) in [5.41, 5.74) is 0. The maximum Gasteiger partial charge on any atom is 0.0235 e. The zero-order valence-corrected chi connectivity index (χ0v) is 11.0. The fourth-order valence-corrected chi connectivity index (χ4v) is 3.31. The van der Waals surface area contributed by atoms with Gasteiger partial charge in [0.05, 0.1) is 0 Å². The summed E-state index contributed by atoms with van der Waals surface area (Å²) >= 11 is 0. The third-order valence-corrected chi connectivity index (χ3v) is 4.48. The number of nitrogens with one attached hydrogen (secondary N) is 1. The Morgan fingerprint density at radius 2 is 2.19 bits per heavy atom. The van der Waals surface area contributed by atoms with E-state index in [1.54, 1.807) is 0 Å². The highest BCUT2D eigenvalue weighted by molar-refractivity contribution is 4.93. The van der Waals surface area contributed by atoms with Crippen molar-refractivity contribution in [2.24, 2.45) is 5.92 Å². The van der Waals surface area contributed by atoms with Crippen LogP contribution < -0.4 is 5.32 Å². The predicted molar refractivity (Wildman–Crippen MR) is 69.7 cm³/mol. The quantitative estimate of drug-likeness (QED) is 0.722. The lowest BCUT2D eigenvalue weighted by Gasteiger charge is -2.25. The van der Waals surface area contributed by atoms with Gasteiger partial charge in [0.2, 0.25) is 0 Å². The Kier molecular flexibility index (Phi) is 4.66. The Balaban J connectivity index is 1.73. The van der Waals surface area contributed by atoms with Crippen LogP contribution in [-0.4, -0.2) is 36.6 Å². The fraction of sp³-hybridized carbons (Fsp3) is 1.00. The van der Waals surface area contributed by atoms with Gasteiger partial charge in [0.25, 0.3) is 0 Å². The average Bonchev–Trinajstić information content (AvgIpc) is 2.73. The Labute approximate surface area is 101 Å². The lowest BCUT2D eigenvalue weighted by Crippen LogP contribution is -2.41. The first kappa shape index (κ1) is 12.4. The van der Waals surface area contributed by atoms with Gasteiger partial charge >= 0.3 is 0 Å². The average molecular weight is 224 g/mol. The van der Waals surface area contributed by atoms with Crippen LogP contribution in [0.4, 0.5) is 0 Å². The number of hydrogen-bond donors (Lipinski definition) is 1. The van der Waals surface area contributed by atoms with E-state index in [1.165, 1.54) is 58.2 Å². The van der Waals surface area contributed by atoms with Crippen LogP contribution in [0, 0.1) is 5.92 Å². The number of rotatable bonds is 5. The van der Waals surface area contributed by atoms with Gasteiger partial charge in [-0.1, -0.05) is 26.2 Å². The van der Waals surface area contributed by atoms with Crippen molar-refractivity contribution in [3.8, 4) is 0 Å². The van der Waals surface area contributed by atoms with Crippen LogP contribution in [-0.2, 0) is 0 Å². The van der Waals surface area contributed by atoms with E-state index in [-0.39, 0.29) is 0 Å². The Morgan fingerprint density at radius 3 is 2.94 bits per heavy atom. The fourth-order valence-electron chi connectivity index (χ4n) is 3.31. The molecule has 2 aliphatic heterocycles. The molecular weight excluding hydrogens is 196 g/mol. The molecular formula is C14H28N2. The molecule has 2 nitrogen and oxygen atoms in total. The molecule has 0 aliphatic carbocycles. The molecule has 2 heteroatoms. The van der Waals surface area contributed by atoms with E-state index in [2.05, 4.69) is 24.1 Å². The van der Waals surface area contributed by atoms with Crippen molar-refractivity contribution in [2.75, 3.05) is 19.6 Å². The standard InChI is InChI=1S/C14H28N2/c1-3-4-5-7-12(2)16-10-13-8-6-9-15-14(13)11-16/h12-15H,3-11H2,1-2H3/t12?,13-,14+/m0/s1. The molecule has 94 valence electrons. The van der Waals surface area contributed by atoms with Crippen LogP contribution in [0.5, 0.6) is 0 Å². The van der Waals surface area contributed by atoms with E-state index in [4.69, 9.17) is 0 Å². The zero-order chi connectivity index (χ0) is 11.4. The molecule has 0 aromatic heterocycles. The molecule has 0 amide bonds. The van der Waals surface area contributed by atoms with Gasteiger partial charge in [-0.05, 0) is 38.6 Å². The Morgan fingerprint density at radius 1 is 1.31 bits per heavy atom. The minimum absolute atomic E-state index is 0.805. The molecule has 1 N–H and O–H groups in total. The molecule has 2 heterocycles. The van der Waals surface area contributed by atoms with Gasteiger partial charge in [-0.15, -0.1) is 0 Å². The highest BCUT2D eigenvalue weighted by atomic mass is 15.2. The first-order valence-electron chi connectivity index (χ1n) is 7.28. The summed E-state index contributed by atoms with van der Waals surface area (Å²) < 4.78 is 0. The lowest BCUT2D eigenvalue weighted by molar-refractivity contribution is 0.232. The van der Waals surface area contributed by atoms with Gasteiger partial charge in [-0.2, -0.15) is 0 Å². The van der Waals surface area contributed by atoms with E-state index in [0.29, 0.717) is 0 Å². The summed E-state index contributed by atoms with van der Waals surface area (Å²) in [6, 6.07) is 1.61. The predicted octanol–water partition coefficient (Wildman–Crippen LogP) is 2.64. The highest BCUT2D eigenvalue weighted by Crippen LogP contribution is 2.27. The maximum atomic E-state index is 3.69. The number of unbranched alkanes of at least 4 members (excludes halogenated alkanes) is 2. The van der Waals surface area contributed by atoms with E-state index >= 15 is 0 Å². The molecule has 2 aliphatic rings. The number of piperidine rings is 1. The molecule has 2 rings (SSSR count). The second kappa shape index (κ2) is 6.02.